The number of amides is 2. The third-order valence-corrected chi connectivity index (χ3v) is 6.44. The summed E-state index contributed by atoms with van der Waals surface area (Å²) in [5.41, 5.74) is 5.17. The molecule has 0 saturated carbocycles. The molecule has 1 fully saturated rings. The molecule has 2 aliphatic heterocycles. The molecule has 6 nitrogen and oxygen atoms in total. The molecule has 0 aromatic heterocycles. The summed E-state index contributed by atoms with van der Waals surface area (Å²) in [5, 5.41) is 0. The molecule has 2 aliphatic rings. The molecular formula is C28H26N2O4. The number of fused-ring (bicyclic) bond motifs is 2. The van der Waals surface area contributed by atoms with E-state index in [1.165, 1.54) is 0 Å². The molecule has 6 heteroatoms. The summed E-state index contributed by atoms with van der Waals surface area (Å²) in [6, 6.07) is 22.7. The molecular weight excluding hydrogens is 428 g/mol. The number of hydrogen-bond donors (Lipinski definition) is 0. The lowest BCUT2D eigenvalue weighted by Gasteiger charge is -2.24. The monoisotopic (exact) mass is 454 g/mol. The number of nitrogens with zero attached hydrogens (tertiary/aromatic N) is 2. The Bertz CT molecular complexity index is 1190. The van der Waals surface area contributed by atoms with E-state index in [-0.39, 0.29) is 18.4 Å². The van der Waals surface area contributed by atoms with Crippen molar-refractivity contribution in [2.24, 2.45) is 0 Å². The standard InChI is InChI=1S/C28H26N2O4/c31-26-10-5-17-29(26)18-20-11-13-23(14-12-20)28(33)34-19-27(32)30-24-8-3-1-6-21(24)15-16-22-7-2-4-9-25(22)30/h1-4,6-9,11-14H,5,10,15-19H2. The van der Waals surface area contributed by atoms with Crippen LogP contribution in [0.2, 0.25) is 0 Å². The Labute approximate surface area is 198 Å². The average Bonchev–Trinajstić information content (AvgIpc) is 3.18. The van der Waals surface area contributed by atoms with Crippen molar-refractivity contribution in [1.82, 2.24) is 4.90 Å². The zero-order valence-electron chi connectivity index (χ0n) is 18.9. The predicted molar refractivity (Wildman–Crippen MR) is 129 cm³/mol. The van der Waals surface area contributed by atoms with Crippen molar-refractivity contribution in [3.8, 4) is 0 Å². The molecule has 5 rings (SSSR count). The number of aryl methyl sites for hydroxylation is 2. The third kappa shape index (κ3) is 4.44. The molecule has 172 valence electrons. The SMILES string of the molecule is O=C(OCC(=O)N1c2ccccc2CCc2ccccc21)c1ccc(CN2CCCC2=O)cc1. The third-order valence-electron chi connectivity index (χ3n) is 6.44. The first-order valence-corrected chi connectivity index (χ1v) is 11.6. The number of carbonyl (C=O) groups is 3. The number of para-hydroxylation sites is 2. The largest absolute Gasteiger partial charge is 0.452 e. The van der Waals surface area contributed by atoms with Crippen LogP contribution in [0, 0.1) is 0 Å². The van der Waals surface area contributed by atoms with Gasteiger partial charge in [-0.25, -0.2) is 4.79 Å². The summed E-state index contributed by atoms with van der Waals surface area (Å²) >= 11 is 0. The second-order valence-electron chi connectivity index (χ2n) is 8.68. The number of hydrogen-bond acceptors (Lipinski definition) is 4. The lowest BCUT2D eigenvalue weighted by Crippen LogP contribution is -2.31. The Morgan fingerprint density at radius 3 is 2.00 bits per heavy atom. The van der Waals surface area contributed by atoms with Gasteiger partial charge in [-0.2, -0.15) is 0 Å². The van der Waals surface area contributed by atoms with Crippen LogP contribution in [0.3, 0.4) is 0 Å². The van der Waals surface area contributed by atoms with Gasteiger partial charge in [-0.3, -0.25) is 14.5 Å². The van der Waals surface area contributed by atoms with Crippen molar-refractivity contribution < 1.29 is 19.1 Å². The van der Waals surface area contributed by atoms with Crippen LogP contribution >= 0.6 is 0 Å². The number of rotatable bonds is 5. The van der Waals surface area contributed by atoms with Crippen molar-refractivity contribution >= 4 is 29.2 Å². The number of ether oxygens (including phenoxy) is 1. The van der Waals surface area contributed by atoms with Crippen LogP contribution in [0.15, 0.2) is 72.8 Å². The van der Waals surface area contributed by atoms with Crippen LogP contribution in [-0.2, 0) is 33.7 Å². The Hall–Kier alpha value is -3.93. The van der Waals surface area contributed by atoms with Crippen molar-refractivity contribution in [1.29, 1.82) is 0 Å². The predicted octanol–water partition coefficient (Wildman–Crippen LogP) is 4.43. The van der Waals surface area contributed by atoms with E-state index >= 15 is 0 Å². The highest BCUT2D eigenvalue weighted by Crippen LogP contribution is 2.36. The molecule has 34 heavy (non-hydrogen) atoms. The first-order valence-electron chi connectivity index (χ1n) is 11.6. The first kappa shape index (κ1) is 21.9. The van der Waals surface area contributed by atoms with Gasteiger partial charge in [0, 0.05) is 19.5 Å². The first-order chi connectivity index (χ1) is 16.6. The van der Waals surface area contributed by atoms with Crippen molar-refractivity contribution in [2.75, 3.05) is 18.1 Å². The van der Waals surface area contributed by atoms with Crippen LogP contribution < -0.4 is 4.90 Å². The molecule has 2 heterocycles. The zero-order chi connectivity index (χ0) is 23.5. The van der Waals surface area contributed by atoms with Crippen LogP contribution in [-0.4, -0.2) is 35.8 Å². The van der Waals surface area contributed by atoms with E-state index in [0.717, 1.165) is 53.9 Å². The Kier molecular flexibility index (Phi) is 6.12. The summed E-state index contributed by atoms with van der Waals surface area (Å²) in [6.07, 6.45) is 3.17. The van der Waals surface area contributed by atoms with E-state index in [0.29, 0.717) is 18.5 Å². The van der Waals surface area contributed by atoms with Gasteiger partial charge in [-0.05, 0) is 60.2 Å². The second kappa shape index (κ2) is 9.51. The van der Waals surface area contributed by atoms with E-state index in [1.807, 2.05) is 65.6 Å². The highest BCUT2D eigenvalue weighted by Gasteiger charge is 2.26. The molecule has 0 bridgehead atoms. The fourth-order valence-electron chi connectivity index (χ4n) is 4.66. The van der Waals surface area contributed by atoms with Crippen LogP contribution in [0.25, 0.3) is 0 Å². The molecule has 3 aromatic rings. The normalized spacial score (nSPS) is 14.9. The summed E-state index contributed by atoms with van der Waals surface area (Å²) < 4.78 is 5.41. The summed E-state index contributed by atoms with van der Waals surface area (Å²) in [7, 11) is 0. The van der Waals surface area contributed by atoms with Crippen molar-refractivity contribution in [3.05, 3.63) is 95.1 Å². The summed E-state index contributed by atoms with van der Waals surface area (Å²) in [4.78, 5) is 41.3. The minimum absolute atomic E-state index is 0.165. The molecule has 0 spiro atoms. The minimum atomic E-state index is -0.548. The Morgan fingerprint density at radius 2 is 1.41 bits per heavy atom. The van der Waals surface area contributed by atoms with Gasteiger partial charge < -0.3 is 9.64 Å². The van der Waals surface area contributed by atoms with Gasteiger partial charge in [-0.15, -0.1) is 0 Å². The van der Waals surface area contributed by atoms with Crippen molar-refractivity contribution in [2.45, 2.75) is 32.2 Å². The van der Waals surface area contributed by atoms with E-state index in [2.05, 4.69) is 0 Å². The van der Waals surface area contributed by atoms with E-state index < -0.39 is 5.97 Å². The number of carbonyl (C=O) groups excluding carboxylic acids is 3. The van der Waals surface area contributed by atoms with Crippen molar-refractivity contribution in [3.63, 3.8) is 0 Å². The van der Waals surface area contributed by atoms with E-state index in [4.69, 9.17) is 4.74 Å². The quantitative estimate of drug-likeness (QED) is 0.535. The lowest BCUT2D eigenvalue weighted by molar-refractivity contribution is -0.128. The van der Waals surface area contributed by atoms with Gasteiger partial charge in [-0.1, -0.05) is 48.5 Å². The van der Waals surface area contributed by atoms with E-state index in [1.54, 1.807) is 17.0 Å². The molecule has 3 aromatic carbocycles. The molecule has 0 aliphatic carbocycles. The molecule has 1 saturated heterocycles. The fraction of sp³-hybridized carbons (Fsp3) is 0.250. The molecule has 0 unspecified atom stereocenters. The molecule has 0 atom stereocenters. The minimum Gasteiger partial charge on any atom is -0.452 e. The maximum atomic E-state index is 13.3. The molecule has 2 amide bonds. The summed E-state index contributed by atoms with van der Waals surface area (Å²) in [6.45, 7) is 0.958. The van der Waals surface area contributed by atoms with Crippen LogP contribution in [0.5, 0.6) is 0 Å². The van der Waals surface area contributed by atoms with Crippen LogP contribution in [0.1, 0.15) is 39.9 Å². The number of likely N-dealkylation sites (tertiary alicyclic amines) is 1. The van der Waals surface area contributed by atoms with Gasteiger partial charge in [0.1, 0.15) is 0 Å². The van der Waals surface area contributed by atoms with Gasteiger partial charge >= 0.3 is 5.97 Å². The Morgan fingerprint density at radius 1 is 0.794 bits per heavy atom. The highest BCUT2D eigenvalue weighted by molar-refractivity contribution is 6.04. The molecule has 0 N–H and O–H groups in total. The number of anilines is 2. The van der Waals surface area contributed by atoms with Gasteiger partial charge in [0.05, 0.1) is 16.9 Å². The lowest BCUT2D eigenvalue weighted by atomic mass is 10.0. The van der Waals surface area contributed by atoms with Crippen LogP contribution in [0.4, 0.5) is 11.4 Å². The van der Waals surface area contributed by atoms with Gasteiger partial charge in [0.15, 0.2) is 6.61 Å². The average molecular weight is 455 g/mol. The smallest absolute Gasteiger partial charge is 0.338 e. The molecule has 0 radical (unpaired) electrons. The summed E-state index contributed by atoms with van der Waals surface area (Å²) in [5.74, 6) is -0.675. The van der Waals surface area contributed by atoms with Gasteiger partial charge in [0.25, 0.3) is 5.91 Å². The number of benzene rings is 3. The maximum Gasteiger partial charge on any atom is 0.338 e. The second-order valence-corrected chi connectivity index (χ2v) is 8.68. The zero-order valence-corrected chi connectivity index (χ0v) is 18.9. The number of esters is 1. The fourth-order valence-corrected chi connectivity index (χ4v) is 4.66. The topological polar surface area (TPSA) is 66.9 Å². The Balaban J connectivity index is 1.28. The highest BCUT2D eigenvalue weighted by atomic mass is 16.5. The maximum absolute atomic E-state index is 13.3. The van der Waals surface area contributed by atoms with Gasteiger partial charge in [0.2, 0.25) is 5.91 Å². The van der Waals surface area contributed by atoms with E-state index in [9.17, 15) is 14.4 Å².